The van der Waals surface area contributed by atoms with E-state index in [1.54, 1.807) is 36.1 Å². The van der Waals surface area contributed by atoms with E-state index in [2.05, 4.69) is 15.7 Å². The third-order valence-electron chi connectivity index (χ3n) is 7.44. The number of methoxy groups -OCH3 is 2. The summed E-state index contributed by atoms with van der Waals surface area (Å²) in [6.45, 7) is 6.19. The highest BCUT2D eigenvalue weighted by Crippen LogP contribution is 2.34. The molecule has 0 radical (unpaired) electrons. The maximum atomic E-state index is 13.8. The van der Waals surface area contributed by atoms with Gasteiger partial charge in [0.2, 0.25) is 5.95 Å². The number of carbonyl (C=O) groups is 2. The van der Waals surface area contributed by atoms with Gasteiger partial charge in [0.05, 0.1) is 56.5 Å². The molecule has 0 saturated heterocycles. The van der Waals surface area contributed by atoms with Crippen molar-refractivity contribution in [2.24, 2.45) is 7.05 Å². The molecule has 12 nitrogen and oxygen atoms in total. The van der Waals surface area contributed by atoms with Gasteiger partial charge in [-0.15, -0.1) is 0 Å². The Kier molecular flexibility index (Phi) is 8.24. The Morgan fingerprint density at radius 3 is 2.52 bits per heavy atom. The molecule has 3 aromatic rings. The second-order valence-corrected chi connectivity index (χ2v) is 11.7. The van der Waals surface area contributed by atoms with Crippen LogP contribution in [0.25, 0.3) is 11.3 Å². The Balaban J connectivity index is 1.43. The number of aryl methyl sites for hydroxylation is 1. The SMILES string of the molecule is COc1ccc(CN2Cc3nc(N[C@@H]4CCCC[C@@H]4NC(=O)OC(C)(C)C)nc(-c4cnn(C)c4)c3C2=O)c(OC)c1. The quantitative estimate of drug-likeness (QED) is 0.402. The zero-order chi connectivity index (χ0) is 30.0. The molecule has 1 aliphatic heterocycles. The number of rotatable bonds is 8. The van der Waals surface area contributed by atoms with E-state index in [4.69, 9.17) is 24.2 Å². The van der Waals surface area contributed by atoms with Crippen LogP contribution in [0.3, 0.4) is 0 Å². The lowest BCUT2D eigenvalue weighted by Gasteiger charge is -2.33. The van der Waals surface area contributed by atoms with Crippen molar-refractivity contribution in [3.05, 3.63) is 47.4 Å². The number of amides is 2. The number of aromatic nitrogens is 4. The molecule has 1 fully saturated rings. The Bertz CT molecular complexity index is 1460. The number of ether oxygens (including phenoxy) is 3. The van der Waals surface area contributed by atoms with Gasteiger partial charge in [-0.3, -0.25) is 9.48 Å². The van der Waals surface area contributed by atoms with Gasteiger partial charge >= 0.3 is 6.09 Å². The number of hydrogen-bond donors (Lipinski definition) is 2. The molecule has 5 rings (SSSR count). The van der Waals surface area contributed by atoms with Crippen LogP contribution >= 0.6 is 0 Å². The molecule has 2 N–H and O–H groups in total. The molecule has 2 aliphatic rings. The van der Waals surface area contributed by atoms with Crippen LogP contribution in [0.5, 0.6) is 11.5 Å². The van der Waals surface area contributed by atoms with Crippen molar-refractivity contribution in [1.82, 2.24) is 30.0 Å². The monoisotopic (exact) mass is 577 g/mol. The summed E-state index contributed by atoms with van der Waals surface area (Å²) in [6.07, 6.45) is 6.76. The normalized spacial score (nSPS) is 18.4. The highest BCUT2D eigenvalue weighted by Gasteiger charge is 2.35. The molecule has 2 aromatic heterocycles. The van der Waals surface area contributed by atoms with Crippen molar-refractivity contribution >= 4 is 17.9 Å². The van der Waals surface area contributed by atoms with Crippen LogP contribution in [-0.4, -0.2) is 68.6 Å². The summed E-state index contributed by atoms with van der Waals surface area (Å²) < 4.78 is 18.1. The maximum Gasteiger partial charge on any atom is 0.407 e. The van der Waals surface area contributed by atoms with Crippen LogP contribution in [0.15, 0.2) is 30.6 Å². The zero-order valence-electron chi connectivity index (χ0n) is 25.1. The number of nitrogens with zero attached hydrogens (tertiary/aromatic N) is 5. The minimum atomic E-state index is -0.586. The predicted molar refractivity (Wildman–Crippen MR) is 156 cm³/mol. The summed E-state index contributed by atoms with van der Waals surface area (Å²) in [4.78, 5) is 37.7. The fraction of sp³-hybridized carbons (Fsp3) is 0.500. The average molecular weight is 578 g/mol. The molecule has 224 valence electrons. The number of fused-ring (bicyclic) bond motifs is 1. The van der Waals surface area contributed by atoms with Crippen molar-refractivity contribution in [3.63, 3.8) is 0 Å². The van der Waals surface area contributed by atoms with Crippen molar-refractivity contribution in [1.29, 1.82) is 0 Å². The number of anilines is 1. The van der Waals surface area contributed by atoms with Gasteiger partial charge in [-0.1, -0.05) is 12.8 Å². The molecule has 2 atom stereocenters. The number of nitrogens with one attached hydrogen (secondary N) is 2. The first-order valence-corrected chi connectivity index (χ1v) is 14.2. The van der Waals surface area contributed by atoms with Gasteiger partial charge in [0, 0.05) is 36.5 Å². The summed E-state index contributed by atoms with van der Waals surface area (Å²) in [5.74, 6) is 1.57. The van der Waals surface area contributed by atoms with Gasteiger partial charge in [-0.25, -0.2) is 14.8 Å². The second-order valence-electron chi connectivity index (χ2n) is 11.7. The van der Waals surface area contributed by atoms with Crippen LogP contribution in [-0.2, 0) is 24.9 Å². The Morgan fingerprint density at radius 2 is 1.86 bits per heavy atom. The van der Waals surface area contributed by atoms with Crippen molar-refractivity contribution in [2.75, 3.05) is 19.5 Å². The summed E-state index contributed by atoms with van der Waals surface area (Å²) >= 11 is 0. The van der Waals surface area contributed by atoms with Crippen LogP contribution in [0.4, 0.5) is 10.7 Å². The lowest BCUT2D eigenvalue weighted by molar-refractivity contribution is 0.0488. The molecule has 1 aromatic carbocycles. The maximum absolute atomic E-state index is 13.8. The van der Waals surface area contributed by atoms with E-state index in [1.807, 2.05) is 46.1 Å². The van der Waals surface area contributed by atoms with E-state index in [0.29, 0.717) is 47.5 Å². The molecular formula is C30H39N7O5. The van der Waals surface area contributed by atoms with E-state index < -0.39 is 11.7 Å². The first-order valence-electron chi connectivity index (χ1n) is 14.2. The smallest absolute Gasteiger partial charge is 0.407 e. The summed E-state index contributed by atoms with van der Waals surface area (Å²) in [5, 5.41) is 10.8. The Morgan fingerprint density at radius 1 is 1.10 bits per heavy atom. The lowest BCUT2D eigenvalue weighted by atomic mass is 9.90. The average Bonchev–Trinajstić information content (AvgIpc) is 3.51. The van der Waals surface area contributed by atoms with E-state index >= 15 is 0 Å². The van der Waals surface area contributed by atoms with Gasteiger partial charge in [0.25, 0.3) is 5.91 Å². The van der Waals surface area contributed by atoms with Crippen molar-refractivity contribution < 1.29 is 23.8 Å². The molecule has 12 heteroatoms. The fourth-order valence-corrected chi connectivity index (χ4v) is 5.49. The molecule has 42 heavy (non-hydrogen) atoms. The highest BCUT2D eigenvalue weighted by atomic mass is 16.6. The molecular weight excluding hydrogens is 538 g/mol. The molecule has 0 unspecified atom stereocenters. The predicted octanol–water partition coefficient (Wildman–Crippen LogP) is 4.30. The van der Waals surface area contributed by atoms with E-state index in [-0.39, 0.29) is 18.0 Å². The van der Waals surface area contributed by atoms with Crippen LogP contribution < -0.4 is 20.1 Å². The molecule has 2 amide bonds. The number of benzene rings is 1. The van der Waals surface area contributed by atoms with Gasteiger partial charge in [-0.2, -0.15) is 5.10 Å². The molecule has 1 aliphatic carbocycles. The third-order valence-corrected chi connectivity index (χ3v) is 7.44. The number of carbonyl (C=O) groups excluding carboxylic acids is 2. The zero-order valence-corrected chi connectivity index (χ0v) is 25.1. The Hall–Kier alpha value is -4.35. The largest absolute Gasteiger partial charge is 0.497 e. The topological polar surface area (TPSA) is 133 Å². The standard InChI is InChI=1S/C30H39N7O5/c1-30(2,3)42-29(39)34-22-10-8-7-9-21(22)32-28-33-23-17-37(16-18-11-12-20(40-5)13-24(18)41-6)27(38)25(23)26(35-28)19-14-31-36(4)15-19/h11-15,21-22H,7-10,16-17H2,1-6H3,(H,34,39)(H,32,33,35)/t21-,22+/m1/s1. The van der Waals surface area contributed by atoms with Crippen molar-refractivity contribution in [3.8, 4) is 22.8 Å². The van der Waals surface area contributed by atoms with Crippen molar-refractivity contribution in [2.45, 2.75) is 77.2 Å². The minimum Gasteiger partial charge on any atom is -0.497 e. The Labute approximate surface area is 245 Å². The number of alkyl carbamates (subject to hydrolysis) is 1. The second kappa shape index (κ2) is 11.9. The molecule has 3 heterocycles. The van der Waals surface area contributed by atoms with Crippen LogP contribution in [0.2, 0.25) is 0 Å². The minimum absolute atomic E-state index is 0.0946. The first-order chi connectivity index (χ1) is 20.0. The first kappa shape index (κ1) is 29.2. The van der Waals surface area contributed by atoms with E-state index in [9.17, 15) is 9.59 Å². The van der Waals surface area contributed by atoms with Gasteiger partial charge in [-0.05, 0) is 45.7 Å². The summed E-state index contributed by atoms with van der Waals surface area (Å²) in [5.41, 5.74) is 2.62. The third kappa shape index (κ3) is 6.42. The molecule has 0 spiro atoms. The van der Waals surface area contributed by atoms with Crippen LogP contribution in [0.1, 0.15) is 68.1 Å². The van der Waals surface area contributed by atoms with E-state index in [1.165, 1.54) is 0 Å². The van der Waals surface area contributed by atoms with Gasteiger partial charge in [0.15, 0.2) is 0 Å². The molecule has 1 saturated carbocycles. The highest BCUT2D eigenvalue weighted by molar-refractivity contribution is 6.03. The van der Waals surface area contributed by atoms with Gasteiger partial charge < -0.3 is 29.7 Å². The summed E-state index contributed by atoms with van der Waals surface area (Å²) in [7, 11) is 5.02. The fourth-order valence-electron chi connectivity index (χ4n) is 5.49. The van der Waals surface area contributed by atoms with Crippen LogP contribution in [0, 0.1) is 0 Å². The van der Waals surface area contributed by atoms with E-state index in [0.717, 1.165) is 36.8 Å². The summed E-state index contributed by atoms with van der Waals surface area (Å²) in [6, 6.07) is 5.31. The van der Waals surface area contributed by atoms with Gasteiger partial charge in [0.1, 0.15) is 17.1 Å². The number of hydrogen-bond acceptors (Lipinski definition) is 9. The lowest BCUT2D eigenvalue weighted by Crippen LogP contribution is -2.50. The molecule has 0 bridgehead atoms.